The molecule has 21 heavy (non-hydrogen) atoms. The highest BCUT2D eigenvalue weighted by atomic mass is 79.9. The van der Waals surface area contributed by atoms with Gasteiger partial charge in [0.2, 0.25) is 0 Å². The van der Waals surface area contributed by atoms with Gasteiger partial charge in [-0.05, 0) is 46.5 Å². The second kappa shape index (κ2) is 8.16. The number of halogens is 1. The van der Waals surface area contributed by atoms with Crippen LogP contribution in [0.5, 0.6) is 0 Å². The fourth-order valence-electron chi connectivity index (χ4n) is 2.90. The van der Waals surface area contributed by atoms with Crippen molar-refractivity contribution in [1.29, 1.82) is 0 Å². The molecule has 1 fully saturated rings. The molecule has 1 aromatic carbocycles. The number of aliphatic hydroxyl groups is 1. The van der Waals surface area contributed by atoms with Crippen LogP contribution in [0.1, 0.15) is 45.1 Å². The predicted molar refractivity (Wildman–Crippen MR) is 92.8 cm³/mol. The topological polar surface area (TPSA) is 35.5 Å². The maximum absolute atomic E-state index is 9.67. The summed E-state index contributed by atoms with van der Waals surface area (Å²) in [7, 11) is 0. The summed E-state index contributed by atoms with van der Waals surface area (Å²) in [6, 6.07) is 7.32. The Kier molecular flexibility index (Phi) is 6.52. The van der Waals surface area contributed by atoms with Crippen molar-refractivity contribution in [2.45, 2.75) is 58.2 Å². The van der Waals surface area contributed by atoms with E-state index in [4.69, 9.17) is 0 Å². The summed E-state index contributed by atoms with van der Waals surface area (Å²) < 4.78 is 1.13. The average molecular weight is 355 g/mol. The minimum Gasteiger partial charge on any atom is -0.394 e. The molecule has 0 amide bonds. The average Bonchev–Trinajstić information content (AvgIpc) is 2.70. The van der Waals surface area contributed by atoms with Crippen molar-refractivity contribution in [2.24, 2.45) is 0 Å². The van der Waals surface area contributed by atoms with Crippen LogP contribution < -0.4 is 10.2 Å². The van der Waals surface area contributed by atoms with E-state index in [1.165, 1.54) is 30.5 Å². The Balaban J connectivity index is 2.14. The molecule has 1 unspecified atom stereocenters. The first-order valence-corrected chi connectivity index (χ1v) is 8.80. The number of nitrogens with one attached hydrogen (secondary N) is 1. The number of hydrogen-bond donors (Lipinski definition) is 2. The van der Waals surface area contributed by atoms with Crippen LogP contribution in [0.3, 0.4) is 0 Å². The summed E-state index contributed by atoms with van der Waals surface area (Å²) in [6.45, 7) is 6.48. The predicted octanol–water partition coefficient (Wildman–Crippen LogP) is 3.69. The number of benzene rings is 1. The molecular weight excluding hydrogens is 328 g/mol. The first-order valence-electron chi connectivity index (χ1n) is 8.01. The van der Waals surface area contributed by atoms with Crippen LogP contribution in [0.15, 0.2) is 22.7 Å². The van der Waals surface area contributed by atoms with E-state index in [1.54, 1.807) is 0 Å². The molecule has 0 aliphatic carbocycles. The zero-order chi connectivity index (χ0) is 15.2. The normalized spacial score (nSPS) is 19.9. The van der Waals surface area contributed by atoms with E-state index in [0.717, 1.165) is 24.0 Å². The molecule has 1 aliphatic rings. The lowest BCUT2D eigenvalue weighted by molar-refractivity contribution is 0.255. The lowest BCUT2D eigenvalue weighted by atomic mass is 10.1. The van der Waals surface area contributed by atoms with Crippen LogP contribution in [0, 0.1) is 0 Å². The van der Waals surface area contributed by atoms with Gasteiger partial charge in [-0.1, -0.05) is 32.8 Å². The van der Waals surface area contributed by atoms with Gasteiger partial charge >= 0.3 is 0 Å². The SMILES string of the molecule is CC(C)NCc1ccc(N2CCCCCC2CO)c(Br)c1. The molecule has 1 atom stereocenters. The van der Waals surface area contributed by atoms with Gasteiger partial charge in [0.15, 0.2) is 0 Å². The lowest BCUT2D eigenvalue weighted by Gasteiger charge is -2.32. The number of nitrogens with zero attached hydrogens (tertiary/aromatic N) is 1. The molecule has 1 aliphatic heterocycles. The van der Waals surface area contributed by atoms with Gasteiger partial charge in [0.25, 0.3) is 0 Å². The summed E-state index contributed by atoms with van der Waals surface area (Å²) in [5.41, 5.74) is 2.50. The molecule has 0 radical (unpaired) electrons. The van der Waals surface area contributed by atoms with Gasteiger partial charge in [0.05, 0.1) is 18.3 Å². The number of anilines is 1. The van der Waals surface area contributed by atoms with Crippen molar-refractivity contribution in [3.63, 3.8) is 0 Å². The lowest BCUT2D eigenvalue weighted by Crippen LogP contribution is -2.37. The Morgan fingerprint density at radius 3 is 2.81 bits per heavy atom. The summed E-state index contributed by atoms with van der Waals surface area (Å²) in [5, 5.41) is 13.1. The number of rotatable bonds is 5. The first-order chi connectivity index (χ1) is 10.1. The standard InChI is InChI=1S/C17H27BrN2O/c1-13(2)19-11-14-7-8-17(16(18)10-14)20-9-5-3-4-6-15(20)12-21/h7-8,10,13,15,19,21H,3-6,9,11-12H2,1-2H3. The maximum Gasteiger partial charge on any atom is 0.0635 e. The van der Waals surface area contributed by atoms with Gasteiger partial charge in [0, 0.05) is 23.6 Å². The van der Waals surface area contributed by atoms with Crippen LogP contribution in [0.4, 0.5) is 5.69 Å². The van der Waals surface area contributed by atoms with Crippen LogP contribution in [0.2, 0.25) is 0 Å². The highest BCUT2D eigenvalue weighted by Crippen LogP contribution is 2.31. The monoisotopic (exact) mass is 354 g/mol. The maximum atomic E-state index is 9.67. The summed E-state index contributed by atoms with van der Waals surface area (Å²) >= 11 is 3.72. The van der Waals surface area contributed by atoms with Gasteiger partial charge in [-0.3, -0.25) is 0 Å². The number of hydrogen-bond acceptors (Lipinski definition) is 3. The molecule has 0 bridgehead atoms. The Morgan fingerprint density at radius 2 is 2.14 bits per heavy atom. The highest BCUT2D eigenvalue weighted by Gasteiger charge is 2.22. The van der Waals surface area contributed by atoms with Crippen molar-refractivity contribution < 1.29 is 5.11 Å². The van der Waals surface area contributed by atoms with Crippen LogP contribution in [0.25, 0.3) is 0 Å². The molecule has 1 saturated heterocycles. The molecule has 118 valence electrons. The first kappa shape index (κ1) is 16.8. The third kappa shape index (κ3) is 4.70. The molecule has 0 saturated carbocycles. The molecule has 2 N–H and O–H groups in total. The highest BCUT2D eigenvalue weighted by molar-refractivity contribution is 9.10. The number of aliphatic hydroxyl groups excluding tert-OH is 1. The Morgan fingerprint density at radius 1 is 1.33 bits per heavy atom. The Labute approximate surface area is 136 Å². The second-order valence-corrected chi connectivity index (χ2v) is 7.05. The van der Waals surface area contributed by atoms with Crippen LogP contribution in [-0.2, 0) is 6.54 Å². The van der Waals surface area contributed by atoms with E-state index in [-0.39, 0.29) is 12.6 Å². The van der Waals surface area contributed by atoms with E-state index in [2.05, 4.69) is 58.2 Å². The van der Waals surface area contributed by atoms with Crippen molar-refractivity contribution in [1.82, 2.24) is 5.32 Å². The van der Waals surface area contributed by atoms with Crippen molar-refractivity contribution >= 4 is 21.6 Å². The molecular formula is C17H27BrN2O. The molecule has 2 rings (SSSR count). The minimum atomic E-state index is 0.239. The quantitative estimate of drug-likeness (QED) is 0.846. The Hall–Kier alpha value is -0.580. The van der Waals surface area contributed by atoms with E-state index < -0.39 is 0 Å². The van der Waals surface area contributed by atoms with E-state index >= 15 is 0 Å². The van der Waals surface area contributed by atoms with Gasteiger partial charge in [-0.15, -0.1) is 0 Å². The van der Waals surface area contributed by atoms with Gasteiger partial charge in [0.1, 0.15) is 0 Å². The Bertz CT molecular complexity index is 450. The third-order valence-corrected chi connectivity index (χ3v) is 4.76. The van der Waals surface area contributed by atoms with Crippen LogP contribution >= 0.6 is 15.9 Å². The fraction of sp³-hybridized carbons (Fsp3) is 0.647. The van der Waals surface area contributed by atoms with Crippen molar-refractivity contribution in [2.75, 3.05) is 18.1 Å². The molecule has 3 nitrogen and oxygen atoms in total. The largest absolute Gasteiger partial charge is 0.394 e. The van der Waals surface area contributed by atoms with E-state index in [0.29, 0.717) is 6.04 Å². The van der Waals surface area contributed by atoms with Gasteiger partial charge < -0.3 is 15.3 Å². The van der Waals surface area contributed by atoms with Crippen molar-refractivity contribution in [3.05, 3.63) is 28.2 Å². The third-order valence-electron chi connectivity index (χ3n) is 4.12. The summed E-state index contributed by atoms with van der Waals surface area (Å²) in [6.07, 6.45) is 4.77. The molecule has 1 heterocycles. The summed E-state index contributed by atoms with van der Waals surface area (Å²) in [5.74, 6) is 0. The van der Waals surface area contributed by atoms with E-state index in [9.17, 15) is 5.11 Å². The fourth-order valence-corrected chi connectivity index (χ4v) is 3.55. The van der Waals surface area contributed by atoms with Crippen molar-refractivity contribution in [3.8, 4) is 0 Å². The zero-order valence-corrected chi connectivity index (χ0v) is 14.7. The zero-order valence-electron chi connectivity index (χ0n) is 13.1. The molecule has 4 heteroatoms. The van der Waals surface area contributed by atoms with Crippen LogP contribution in [-0.4, -0.2) is 30.3 Å². The molecule has 0 spiro atoms. The minimum absolute atomic E-state index is 0.239. The molecule has 1 aromatic rings. The second-order valence-electron chi connectivity index (χ2n) is 6.20. The molecule has 0 aromatic heterocycles. The summed E-state index contributed by atoms with van der Waals surface area (Å²) in [4.78, 5) is 2.37. The van der Waals surface area contributed by atoms with Gasteiger partial charge in [-0.2, -0.15) is 0 Å². The smallest absolute Gasteiger partial charge is 0.0635 e. The van der Waals surface area contributed by atoms with E-state index in [1.807, 2.05) is 0 Å². The van der Waals surface area contributed by atoms with Gasteiger partial charge in [-0.25, -0.2) is 0 Å².